The van der Waals surface area contributed by atoms with E-state index < -0.39 is 0 Å². The highest BCUT2D eigenvalue weighted by Crippen LogP contribution is 2.33. The molecule has 98 valence electrons. The van der Waals surface area contributed by atoms with E-state index in [0.29, 0.717) is 5.82 Å². The Balaban J connectivity index is 1.90. The van der Waals surface area contributed by atoms with Crippen LogP contribution in [0.3, 0.4) is 0 Å². The van der Waals surface area contributed by atoms with Crippen LogP contribution in [0.2, 0.25) is 10.4 Å². The zero-order valence-corrected chi connectivity index (χ0v) is 11.6. The van der Waals surface area contributed by atoms with Crippen LogP contribution in [-0.4, -0.2) is 15.2 Å². The van der Waals surface area contributed by atoms with E-state index in [9.17, 15) is 0 Å². The molecule has 0 aliphatic heterocycles. The molecule has 1 aromatic carbocycles. The summed E-state index contributed by atoms with van der Waals surface area (Å²) in [6.45, 7) is 0. The topological polar surface area (TPSA) is 50.7 Å². The van der Waals surface area contributed by atoms with E-state index in [1.165, 1.54) is 11.1 Å². The van der Waals surface area contributed by atoms with Gasteiger partial charge >= 0.3 is 0 Å². The van der Waals surface area contributed by atoms with Crippen molar-refractivity contribution in [1.82, 2.24) is 15.2 Å². The van der Waals surface area contributed by atoms with Gasteiger partial charge in [-0.25, -0.2) is 0 Å². The number of fused-ring (bicyclic) bond motifs is 1. The molecule has 2 aromatic rings. The lowest BCUT2D eigenvalue weighted by atomic mass is 9.88. The number of halogens is 2. The Morgan fingerprint density at radius 3 is 2.89 bits per heavy atom. The summed E-state index contributed by atoms with van der Waals surface area (Å²) in [4.78, 5) is 4.09. The second kappa shape index (κ2) is 5.31. The standard InChI is InChI=1S/C13H12Cl2N4/c14-11-12(17-13(15)19-18-11)16-10-7-3-5-8-4-1-2-6-9(8)10/h1-2,4,6,10H,3,5,7H2,(H,16,17,19). The number of nitrogens with zero attached hydrogens (tertiary/aromatic N) is 3. The molecule has 0 saturated heterocycles. The summed E-state index contributed by atoms with van der Waals surface area (Å²) < 4.78 is 0. The first-order valence-electron chi connectivity index (χ1n) is 6.14. The average Bonchev–Trinajstić information content (AvgIpc) is 2.43. The summed E-state index contributed by atoms with van der Waals surface area (Å²) in [6.07, 6.45) is 3.29. The molecule has 19 heavy (non-hydrogen) atoms. The van der Waals surface area contributed by atoms with Gasteiger partial charge in [0.25, 0.3) is 0 Å². The zero-order valence-electron chi connectivity index (χ0n) is 10.1. The molecule has 1 heterocycles. The van der Waals surface area contributed by atoms with Gasteiger partial charge in [-0.15, -0.1) is 10.2 Å². The van der Waals surface area contributed by atoms with Crippen molar-refractivity contribution >= 4 is 29.0 Å². The molecule has 0 saturated carbocycles. The maximum Gasteiger partial charge on any atom is 0.245 e. The van der Waals surface area contributed by atoms with Crippen LogP contribution in [0.15, 0.2) is 24.3 Å². The summed E-state index contributed by atoms with van der Waals surface area (Å²) in [5.41, 5.74) is 2.66. The number of benzene rings is 1. The summed E-state index contributed by atoms with van der Waals surface area (Å²) in [7, 11) is 0. The maximum atomic E-state index is 5.99. The highest BCUT2D eigenvalue weighted by atomic mass is 35.5. The molecule has 0 bridgehead atoms. The largest absolute Gasteiger partial charge is 0.361 e. The minimum absolute atomic E-state index is 0.0935. The molecular weight excluding hydrogens is 283 g/mol. The minimum atomic E-state index is 0.0935. The molecule has 0 radical (unpaired) electrons. The molecule has 1 aliphatic rings. The van der Waals surface area contributed by atoms with Crippen LogP contribution in [0.25, 0.3) is 0 Å². The summed E-state index contributed by atoms with van der Waals surface area (Å²) in [5, 5.41) is 11.0. The van der Waals surface area contributed by atoms with E-state index in [4.69, 9.17) is 23.2 Å². The van der Waals surface area contributed by atoms with Gasteiger partial charge in [-0.05, 0) is 42.0 Å². The highest BCUT2D eigenvalue weighted by Gasteiger charge is 2.21. The first kappa shape index (κ1) is 12.6. The van der Waals surface area contributed by atoms with Crippen molar-refractivity contribution in [1.29, 1.82) is 0 Å². The van der Waals surface area contributed by atoms with Gasteiger partial charge in [0.1, 0.15) is 0 Å². The number of anilines is 1. The second-order valence-corrected chi connectivity index (χ2v) is 5.20. The van der Waals surface area contributed by atoms with E-state index in [-0.39, 0.29) is 16.5 Å². The van der Waals surface area contributed by atoms with E-state index in [1.807, 2.05) is 6.07 Å². The first-order chi connectivity index (χ1) is 9.24. The summed E-state index contributed by atoms with van der Waals surface area (Å²) >= 11 is 11.7. The molecule has 1 unspecified atom stereocenters. The number of aromatic nitrogens is 3. The van der Waals surface area contributed by atoms with Gasteiger partial charge in [0.05, 0.1) is 6.04 Å². The van der Waals surface area contributed by atoms with Gasteiger partial charge in [-0.1, -0.05) is 35.9 Å². The second-order valence-electron chi connectivity index (χ2n) is 4.51. The lowest BCUT2D eigenvalue weighted by Gasteiger charge is -2.26. The third kappa shape index (κ3) is 2.65. The van der Waals surface area contributed by atoms with Crippen molar-refractivity contribution in [3.8, 4) is 0 Å². The van der Waals surface area contributed by atoms with Gasteiger partial charge in [0.2, 0.25) is 5.28 Å². The van der Waals surface area contributed by atoms with Crippen molar-refractivity contribution in [2.45, 2.75) is 25.3 Å². The van der Waals surface area contributed by atoms with Gasteiger partial charge in [-0.3, -0.25) is 0 Å². The van der Waals surface area contributed by atoms with E-state index >= 15 is 0 Å². The fraction of sp³-hybridized carbons (Fsp3) is 0.308. The van der Waals surface area contributed by atoms with Crippen LogP contribution < -0.4 is 5.32 Å². The molecule has 1 aliphatic carbocycles. The monoisotopic (exact) mass is 294 g/mol. The Labute approximate surface area is 121 Å². The fourth-order valence-electron chi connectivity index (χ4n) is 2.45. The van der Waals surface area contributed by atoms with Crippen molar-refractivity contribution in [3.05, 3.63) is 45.8 Å². The third-order valence-corrected chi connectivity index (χ3v) is 3.71. The Bertz CT molecular complexity index is 603. The summed E-state index contributed by atoms with van der Waals surface area (Å²) in [5.74, 6) is 0.489. The molecule has 3 rings (SSSR count). The molecule has 0 amide bonds. The smallest absolute Gasteiger partial charge is 0.245 e. The Kier molecular flexibility index (Phi) is 3.53. The quantitative estimate of drug-likeness (QED) is 0.918. The van der Waals surface area contributed by atoms with E-state index in [0.717, 1.165) is 19.3 Å². The molecular formula is C13H12Cl2N4. The van der Waals surface area contributed by atoms with E-state index in [2.05, 4.69) is 38.7 Å². The number of nitrogens with one attached hydrogen (secondary N) is 1. The predicted octanol–water partition coefficient (Wildman–Crippen LogP) is 3.67. The van der Waals surface area contributed by atoms with Gasteiger partial charge in [0, 0.05) is 0 Å². The van der Waals surface area contributed by atoms with Gasteiger partial charge in [0.15, 0.2) is 11.0 Å². The Hall–Kier alpha value is -1.39. The molecule has 0 fully saturated rings. The SMILES string of the molecule is Clc1nnc(Cl)c(NC2CCCc3ccccc32)n1. The molecule has 1 atom stereocenters. The average molecular weight is 295 g/mol. The van der Waals surface area contributed by atoms with Gasteiger partial charge in [-0.2, -0.15) is 4.98 Å². The highest BCUT2D eigenvalue weighted by molar-refractivity contribution is 6.32. The van der Waals surface area contributed by atoms with Crippen molar-refractivity contribution in [2.24, 2.45) is 0 Å². The van der Waals surface area contributed by atoms with Crippen molar-refractivity contribution < 1.29 is 0 Å². The van der Waals surface area contributed by atoms with Crippen LogP contribution in [0.1, 0.15) is 30.0 Å². The number of hydrogen-bond acceptors (Lipinski definition) is 4. The van der Waals surface area contributed by atoms with E-state index in [1.54, 1.807) is 0 Å². The molecule has 1 N–H and O–H groups in total. The predicted molar refractivity (Wildman–Crippen MR) is 75.6 cm³/mol. The number of rotatable bonds is 2. The molecule has 6 heteroatoms. The number of hydrogen-bond donors (Lipinski definition) is 1. The van der Waals surface area contributed by atoms with Crippen molar-refractivity contribution in [3.63, 3.8) is 0 Å². The van der Waals surface area contributed by atoms with Gasteiger partial charge < -0.3 is 5.32 Å². The maximum absolute atomic E-state index is 5.99. The lowest BCUT2D eigenvalue weighted by Crippen LogP contribution is -2.18. The Morgan fingerprint density at radius 2 is 2.00 bits per heavy atom. The van der Waals surface area contributed by atoms with Crippen LogP contribution in [-0.2, 0) is 6.42 Å². The molecule has 1 aromatic heterocycles. The zero-order chi connectivity index (χ0) is 13.2. The summed E-state index contributed by atoms with van der Waals surface area (Å²) in [6, 6.07) is 8.60. The lowest BCUT2D eigenvalue weighted by molar-refractivity contribution is 0.598. The Morgan fingerprint density at radius 1 is 1.16 bits per heavy atom. The van der Waals surface area contributed by atoms with Crippen LogP contribution >= 0.6 is 23.2 Å². The normalized spacial score (nSPS) is 17.9. The first-order valence-corrected chi connectivity index (χ1v) is 6.89. The van der Waals surface area contributed by atoms with Crippen LogP contribution in [0, 0.1) is 0 Å². The van der Waals surface area contributed by atoms with Crippen LogP contribution in [0.4, 0.5) is 5.82 Å². The third-order valence-electron chi connectivity index (χ3n) is 3.30. The van der Waals surface area contributed by atoms with Crippen molar-refractivity contribution in [2.75, 3.05) is 5.32 Å². The molecule has 4 nitrogen and oxygen atoms in total. The number of aryl methyl sites for hydroxylation is 1. The van der Waals surface area contributed by atoms with Crippen LogP contribution in [0.5, 0.6) is 0 Å². The fourth-order valence-corrected chi connectivity index (χ4v) is 2.71. The minimum Gasteiger partial charge on any atom is -0.361 e. The molecule has 0 spiro atoms.